The predicted molar refractivity (Wildman–Crippen MR) is 78.1 cm³/mol. The summed E-state index contributed by atoms with van der Waals surface area (Å²) in [5, 5.41) is 3.35. The molecule has 3 rings (SSSR count). The summed E-state index contributed by atoms with van der Waals surface area (Å²) >= 11 is 1.21. The fourth-order valence-electron chi connectivity index (χ4n) is 2.35. The first-order valence-corrected chi connectivity index (χ1v) is 8.03. The first-order valence-electron chi connectivity index (χ1n) is 7.21. The number of ether oxygens (including phenoxy) is 1. The van der Waals surface area contributed by atoms with Crippen LogP contribution in [-0.4, -0.2) is 40.7 Å². The molecule has 1 amide bonds. The molecule has 0 radical (unpaired) electrons. The van der Waals surface area contributed by atoms with Crippen molar-refractivity contribution in [1.29, 1.82) is 0 Å². The van der Waals surface area contributed by atoms with Gasteiger partial charge >= 0.3 is 12.1 Å². The Bertz CT molecular complexity index is 722. The third-order valence-corrected chi connectivity index (χ3v) is 4.59. The largest absolute Gasteiger partial charge is 0.471 e. The lowest BCUT2D eigenvalue weighted by Gasteiger charge is -2.19. The first-order chi connectivity index (χ1) is 11.3. The number of hydrogen-bond acceptors (Lipinski definition) is 6. The molecule has 2 aromatic heterocycles. The summed E-state index contributed by atoms with van der Waals surface area (Å²) in [6, 6.07) is 3.33. The third kappa shape index (κ3) is 3.59. The molecular formula is C14H14F3N3O3S. The Labute approximate surface area is 139 Å². The Morgan fingerprint density at radius 3 is 2.88 bits per heavy atom. The van der Waals surface area contributed by atoms with Gasteiger partial charge in [0.1, 0.15) is 6.10 Å². The van der Waals surface area contributed by atoms with Crippen molar-refractivity contribution in [1.82, 2.24) is 15.0 Å². The molecule has 0 saturated carbocycles. The number of carbonyl (C=O) groups excluding carboxylic acids is 1. The van der Waals surface area contributed by atoms with E-state index in [2.05, 4.69) is 14.7 Å². The molecule has 3 heterocycles. The van der Waals surface area contributed by atoms with Gasteiger partial charge in [-0.2, -0.15) is 18.2 Å². The maximum atomic E-state index is 12.5. The van der Waals surface area contributed by atoms with Crippen LogP contribution in [0.15, 0.2) is 16.7 Å². The van der Waals surface area contributed by atoms with Crippen molar-refractivity contribution in [2.24, 2.45) is 0 Å². The summed E-state index contributed by atoms with van der Waals surface area (Å²) in [5.74, 6) is -1.59. The summed E-state index contributed by atoms with van der Waals surface area (Å²) < 4.78 is 47.0. The monoisotopic (exact) mass is 361 g/mol. The van der Waals surface area contributed by atoms with Crippen molar-refractivity contribution in [2.75, 3.05) is 13.7 Å². The van der Waals surface area contributed by atoms with Gasteiger partial charge in [-0.3, -0.25) is 4.79 Å². The van der Waals surface area contributed by atoms with Crippen LogP contribution in [0.25, 0.3) is 10.7 Å². The second-order valence-electron chi connectivity index (χ2n) is 5.38. The fraction of sp³-hybridized carbons (Fsp3) is 0.500. The Balaban J connectivity index is 1.67. The van der Waals surface area contributed by atoms with Gasteiger partial charge in [0.2, 0.25) is 5.82 Å². The van der Waals surface area contributed by atoms with Crippen molar-refractivity contribution in [2.45, 2.75) is 31.7 Å². The van der Waals surface area contributed by atoms with Crippen LogP contribution in [0.1, 0.15) is 23.6 Å². The van der Waals surface area contributed by atoms with E-state index >= 15 is 0 Å². The molecule has 1 fully saturated rings. The molecule has 1 atom stereocenters. The number of alkyl halides is 3. The van der Waals surface area contributed by atoms with E-state index in [-0.39, 0.29) is 11.7 Å². The smallest absolute Gasteiger partial charge is 0.368 e. The number of likely N-dealkylation sites (N-methyl/N-ethyl adjacent to an activating group) is 1. The van der Waals surface area contributed by atoms with Crippen LogP contribution in [0.5, 0.6) is 0 Å². The zero-order valence-electron chi connectivity index (χ0n) is 12.7. The second-order valence-corrected chi connectivity index (χ2v) is 6.55. The summed E-state index contributed by atoms with van der Waals surface area (Å²) in [5.41, 5.74) is 0. The summed E-state index contributed by atoms with van der Waals surface area (Å²) in [7, 11) is 1.67. The normalized spacial score (nSPS) is 18.1. The average molecular weight is 361 g/mol. The van der Waals surface area contributed by atoms with E-state index in [4.69, 9.17) is 4.74 Å². The minimum atomic E-state index is -4.67. The van der Waals surface area contributed by atoms with Crippen LogP contribution >= 0.6 is 11.3 Å². The predicted octanol–water partition coefficient (Wildman–Crippen LogP) is 2.95. The maximum absolute atomic E-state index is 12.5. The van der Waals surface area contributed by atoms with Gasteiger partial charge in [-0.15, -0.1) is 11.3 Å². The van der Waals surface area contributed by atoms with Crippen LogP contribution in [-0.2, 0) is 22.3 Å². The van der Waals surface area contributed by atoms with E-state index in [1.807, 2.05) is 0 Å². The SMILES string of the molecule is CN(Cc1ccc(-c2noc(C(F)(F)F)n2)s1)C(=O)C1CCCO1. The number of carbonyl (C=O) groups is 1. The molecule has 2 aromatic rings. The summed E-state index contributed by atoms with van der Waals surface area (Å²) in [6.07, 6.45) is -3.49. The first kappa shape index (κ1) is 16.9. The molecule has 10 heteroatoms. The molecule has 1 unspecified atom stereocenters. The number of amides is 1. The fourth-order valence-corrected chi connectivity index (χ4v) is 3.34. The third-order valence-electron chi connectivity index (χ3n) is 3.52. The number of rotatable bonds is 4. The van der Waals surface area contributed by atoms with Gasteiger partial charge < -0.3 is 14.2 Å². The Morgan fingerprint density at radius 1 is 1.46 bits per heavy atom. The molecule has 0 spiro atoms. The highest BCUT2D eigenvalue weighted by atomic mass is 32.1. The lowest BCUT2D eigenvalue weighted by atomic mass is 10.2. The van der Waals surface area contributed by atoms with Gasteiger partial charge in [0.15, 0.2) is 0 Å². The average Bonchev–Trinajstić information content (AvgIpc) is 3.25. The molecule has 1 aliphatic heterocycles. The second kappa shape index (κ2) is 6.52. The molecular weight excluding hydrogens is 347 g/mol. The van der Waals surface area contributed by atoms with Crippen molar-refractivity contribution in [3.05, 3.63) is 22.9 Å². The lowest BCUT2D eigenvalue weighted by Crippen LogP contribution is -2.35. The topological polar surface area (TPSA) is 68.5 Å². The van der Waals surface area contributed by atoms with Gasteiger partial charge in [0.25, 0.3) is 5.91 Å². The van der Waals surface area contributed by atoms with Gasteiger partial charge in [0, 0.05) is 18.5 Å². The zero-order chi connectivity index (χ0) is 17.3. The molecule has 24 heavy (non-hydrogen) atoms. The molecule has 1 saturated heterocycles. The van der Waals surface area contributed by atoms with Gasteiger partial charge in [-0.05, 0) is 25.0 Å². The van der Waals surface area contributed by atoms with Crippen molar-refractivity contribution < 1.29 is 27.2 Å². The zero-order valence-corrected chi connectivity index (χ0v) is 13.5. The maximum Gasteiger partial charge on any atom is 0.471 e. The van der Waals surface area contributed by atoms with Crippen LogP contribution in [0.2, 0.25) is 0 Å². The van der Waals surface area contributed by atoms with Crippen LogP contribution in [0, 0.1) is 0 Å². The Kier molecular flexibility index (Phi) is 4.59. The highest BCUT2D eigenvalue weighted by molar-refractivity contribution is 7.15. The van der Waals surface area contributed by atoms with Crippen LogP contribution in [0.4, 0.5) is 13.2 Å². The van der Waals surface area contributed by atoms with Crippen molar-refractivity contribution in [3.63, 3.8) is 0 Å². The van der Waals surface area contributed by atoms with E-state index in [1.54, 1.807) is 24.1 Å². The van der Waals surface area contributed by atoms with Gasteiger partial charge in [-0.25, -0.2) is 0 Å². The van der Waals surface area contributed by atoms with Crippen LogP contribution in [0.3, 0.4) is 0 Å². The Hall–Kier alpha value is -1.94. The molecule has 1 aliphatic rings. The molecule has 0 N–H and O–H groups in total. The lowest BCUT2D eigenvalue weighted by molar-refractivity contribution is -0.159. The highest BCUT2D eigenvalue weighted by Crippen LogP contribution is 2.32. The quantitative estimate of drug-likeness (QED) is 0.838. The van der Waals surface area contributed by atoms with Gasteiger partial charge in [-0.1, -0.05) is 5.16 Å². The summed E-state index contributed by atoms with van der Waals surface area (Å²) in [4.78, 5) is 18.3. The Morgan fingerprint density at radius 2 is 2.25 bits per heavy atom. The van der Waals surface area contributed by atoms with Crippen molar-refractivity contribution in [3.8, 4) is 10.7 Å². The standard InChI is InChI=1S/C14H14F3N3O3S/c1-20(12(21)9-3-2-6-22-9)7-8-4-5-10(24-8)11-18-13(23-19-11)14(15,16)17/h4-5,9H,2-3,6-7H2,1H3. The molecule has 0 aromatic carbocycles. The molecule has 6 nitrogen and oxygen atoms in total. The summed E-state index contributed by atoms with van der Waals surface area (Å²) in [6.45, 7) is 0.931. The minimum Gasteiger partial charge on any atom is -0.368 e. The number of aromatic nitrogens is 2. The number of hydrogen-bond donors (Lipinski definition) is 0. The van der Waals surface area contributed by atoms with E-state index in [1.165, 1.54) is 11.3 Å². The molecule has 130 valence electrons. The van der Waals surface area contributed by atoms with Crippen LogP contribution < -0.4 is 0 Å². The number of nitrogens with zero attached hydrogens (tertiary/aromatic N) is 3. The molecule has 0 aliphatic carbocycles. The van der Waals surface area contributed by atoms with Gasteiger partial charge in [0.05, 0.1) is 11.4 Å². The highest BCUT2D eigenvalue weighted by Gasteiger charge is 2.38. The minimum absolute atomic E-state index is 0.0960. The van der Waals surface area contributed by atoms with E-state index in [0.717, 1.165) is 11.3 Å². The van der Waals surface area contributed by atoms with E-state index in [9.17, 15) is 18.0 Å². The van der Waals surface area contributed by atoms with E-state index in [0.29, 0.717) is 24.4 Å². The van der Waals surface area contributed by atoms with Crippen molar-refractivity contribution >= 4 is 17.2 Å². The number of halogens is 3. The molecule has 0 bridgehead atoms. The number of thiophene rings is 1. The van der Waals surface area contributed by atoms with E-state index < -0.39 is 18.2 Å².